The van der Waals surface area contributed by atoms with E-state index in [0.29, 0.717) is 11.4 Å². The van der Waals surface area contributed by atoms with Crippen molar-refractivity contribution in [2.24, 2.45) is 0 Å². The number of benzene rings is 2. The van der Waals surface area contributed by atoms with E-state index >= 15 is 0 Å². The van der Waals surface area contributed by atoms with Gasteiger partial charge in [0.15, 0.2) is 5.75 Å². The second-order valence-electron chi connectivity index (χ2n) is 8.93. The Kier molecular flexibility index (Phi) is 7.79. The maximum Gasteiger partial charge on any atom is 0.308 e. The number of phenols is 1. The molecule has 0 radical (unpaired) electrons. The summed E-state index contributed by atoms with van der Waals surface area (Å²) in [5.74, 6) is -3.15. The van der Waals surface area contributed by atoms with Gasteiger partial charge in [-0.25, -0.2) is 0 Å². The molecular formula is C25H24Cl2N4O7. The van der Waals surface area contributed by atoms with Crippen LogP contribution >= 0.6 is 23.2 Å². The van der Waals surface area contributed by atoms with Gasteiger partial charge in [-0.2, -0.15) is 0 Å². The highest BCUT2D eigenvalue weighted by molar-refractivity contribution is 6.37. The molecule has 11 nitrogen and oxygen atoms in total. The molecule has 3 N–H and O–H groups in total. The second kappa shape index (κ2) is 10.9. The first-order valence-corrected chi connectivity index (χ1v) is 12.4. The number of anilines is 2. The van der Waals surface area contributed by atoms with Crippen LogP contribution in [0.15, 0.2) is 36.4 Å². The standard InChI is InChI=1S/C25H24Cl2N4O7/c1-12-17(9-22(34)38-12)28-21(33)11-31-20-6-4-3-5-19(20)30(13(2)32)10-18(25(31)37)29-24(36)14-7-15(26)23(35)16(27)8-14/h3-8,12,17-18,35H,9-11H2,1-2H3,(H,28,33)(H,29,36)/t12-,17-,18-/m0/s1. The molecule has 0 bridgehead atoms. The Morgan fingerprint density at radius 2 is 1.71 bits per heavy atom. The molecule has 0 unspecified atom stereocenters. The van der Waals surface area contributed by atoms with E-state index in [4.69, 9.17) is 27.9 Å². The van der Waals surface area contributed by atoms with Crippen molar-refractivity contribution in [3.8, 4) is 5.75 Å². The summed E-state index contributed by atoms with van der Waals surface area (Å²) >= 11 is 11.9. The van der Waals surface area contributed by atoms with Crippen molar-refractivity contribution in [2.75, 3.05) is 22.9 Å². The first kappa shape index (κ1) is 27.2. The maximum absolute atomic E-state index is 13.7. The number of hydrogen-bond donors (Lipinski definition) is 3. The number of esters is 1. The third kappa shape index (κ3) is 5.53. The minimum absolute atomic E-state index is 0.00594. The monoisotopic (exact) mass is 562 g/mol. The maximum atomic E-state index is 13.7. The van der Waals surface area contributed by atoms with Crippen molar-refractivity contribution in [2.45, 2.75) is 38.5 Å². The summed E-state index contributed by atoms with van der Waals surface area (Å²) in [4.78, 5) is 66.4. The molecule has 200 valence electrons. The molecule has 2 aliphatic rings. The number of carbonyl (C=O) groups excluding carboxylic acids is 5. The smallest absolute Gasteiger partial charge is 0.308 e. The Hall–Kier alpha value is -3.83. The third-order valence-corrected chi connectivity index (χ3v) is 6.85. The number of phenolic OH excluding ortho intramolecular Hbond substituents is 1. The molecule has 0 spiro atoms. The number of para-hydroxylation sites is 2. The molecule has 0 saturated carbocycles. The molecule has 2 aliphatic heterocycles. The van der Waals surface area contributed by atoms with E-state index in [0.717, 1.165) is 0 Å². The Morgan fingerprint density at radius 3 is 2.29 bits per heavy atom. The molecule has 2 heterocycles. The van der Waals surface area contributed by atoms with Gasteiger partial charge in [-0.15, -0.1) is 0 Å². The highest BCUT2D eigenvalue weighted by Gasteiger charge is 2.38. The molecule has 0 aromatic heterocycles. The number of rotatable bonds is 5. The van der Waals surface area contributed by atoms with Gasteiger partial charge in [0.2, 0.25) is 11.8 Å². The van der Waals surface area contributed by atoms with E-state index in [1.807, 2.05) is 0 Å². The van der Waals surface area contributed by atoms with E-state index in [2.05, 4.69) is 10.6 Å². The van der Waals surface area contributed by atoms with E-state index in [1.54, 1.807) is 31.2 Å². The number of amides is 4. The molecule has 2 aromatic carbocycles. The van der Waals surface area contributed by atoms with Gasteiger partial charge in [0, 0.05) is 12.5 Å². The van der Waals surface area contributed by atoms with Gasteiger partial charge in [0.05, 0.1) is 40.4 Å². The van der Waals surface area contributed by atoms with Crippen molar-refractivity contribution in [1.29, 1.82) is 0 Å². The van der Waals surface area contributed by atoms with Gasteiger partial charge in [0.25, 0.3) is 11.8 Å². The highest BCUT2D eigenvalue weighted by Crippen LogP contribution is 2.34. The average Bonchev–Trinajstić information content (AvgIpc) is 3.12. The molecule has 1 saturated heterocycles. The molecular weight excluding hydrogens is 539 g/mol. The second-order valence-corrected chi connectivity index (χ2v) is 9.74. The van der Waals surface area contributed by atoms with Crippen molar-refractivity contribution >= 4 is 64.2 Å². The fourth-order valence-corrected chi connectivity index (χ4v) is 4.83. The molecule has 4 amide bonds. The minimum atomic E-state index is -1.26. The Balaban J connectivity index is 1.64. The van der Waals surface area contributed by atoms with Crippen LogP contribution in [-0.2, 0) is 23.9 Å². The van der Waals surface area contributed by atoms with Gasteiger partial charge in [-0.05, 0) is 31.2 Å². The van der Waals surface area contributed by atoms with Crippen LogP contribution in [0.4, 0.5) is 11.4 Å². The molecule has 0 aliphatic carbocycles. The number of aromatic hydroxyl groups is 1. The lowest BCUT2D eigenvalue weighted by Crippen LogP contribution is -2.54. The predicted molar refractivity (Wildman–Crippen MR) is 138 cm³/mol. The van der Waals surface area contributed by atoms with Crippen molar-refractivity contribution in [1.82, 2.24) is 10.6 Å². The van der Waals surface area contributed by atoms with Crippen LogP contribution < -0.4 is 20.4 Å². The molecule has 38 heavy (non-hydrogen) atoms. The van der Waals surface area contributed by atoms with Crippen LogP contribution in [0.2, 0.25) is 10.0 Å². The van der Waals surface area contributed by atoms with Crippen LogP contribution in [0.1, 0.15) is 30.6 Å². The Bertz CT molecular complexity index is 1310. The molecule has 2 aromatic rings. The molecule has 3 atom stereocenters. The highest BCUT2D eigenvalue weighted by atomic mass is 35.5. The number of halogens is 2. The number of fused-ring (bicyclic) bond motifs is 1. The van der Waals surface area contributed by atoms with Crippen LogP contribution in [-0.4, -0.2) is 66.0 Å². The number of ether oxygens (including phenoxy) is 1. The third-order valence-electron chi connectivity index (χ3n) is 6.28. The number of nitrogens with one attached hydrogen (secondary N) is 2. The van der Waals surface area contributed by atoms with Gasteiger partial charge in [-0.3, -0.25) is 28.9 Å². The summed E-state index contributed by atoms with van der Waals surface area (Å²) < 4.78 is 5.07. The Morgan fingerprint density at radius 1 is 1.08 bits per heavy atom. The van der Waals surface area contributed by atoms with Crippen molar-refractivity contribution < 1.29 is 33.8 Å². The van der Waals surface area contributed by atoms with Crippen LogP contribution in [0, 0.1) is 0 Å². The number of hydrogen-bond acceptors (Lipinski definition) is 7. The van der Waals surface area contributed by atoms with Crippen LogP contribution in [0.3, 0.4) is 0 Å². The largest absolute Gasteiger partial charge is 0.505 e. The van der Waals surface area contributed by atoms with Gasteiger partial charge >= 0.3 is 5.97 Å². The molecule has 4 rings (SSSR count). The predicted octanol–water partition coefficient (Wildman–Crippen LogP) is 2.02. The average molecular weight is 563 g/mol. The van der Waals surface area contributed by atoms with E-state index < -0.39 is 54.2 Å². The summed E-state index contributed by atoms with van der Waals surface area (Å²) in [6.45, 7) is 2.32. The lowest BCUT2D eigenvalue weighted by Gasteiger charge is -2.26. The quantitative estimate of drug-likeness (QED) is 0.472. The lowest BCUT2D eigenvalue weighted by atomic mass is 10.1. The zero-order valence-corrected chi connectivity index (χ0v) is 21.9. The first-order valence-electron chi connectivity index (χ1n) is 11.6. The molecule has 13 heteroatoms. The normalized spacial score (nSPS) is 20.9. The van der Waals surface area contributed by atoms with Crippen LogP contribution in [0.25, 0.3) is 0 Å². The first-order chi connectivity index (χ1) is 18.0. The van der Waals surface area contributed by atoms with Crippen molar-refractivity contribution in [3.63, 3.8) is 0 Å². The summed E-state index contributed by atoms with van der Waals surface area (Å²) in [5, 5.41) is 14.8. The topological polar surface area (TPSA) is 145 Å². The van der Waals surface area contributed by atoms with E-state index in [9.17, 15) is 29.1 Å². The zero-order valence-electron chi connectivity index (χ0n) is 20.4. The summed E-state index contributed by atoms with van der Waals surface area (Å²) in [6, 6.07) is 7.12. The van der Waals surface area contributed by atoms with E-state index in [-0.39, 0.29) is 34.5 Å². The summed E-state index contributed by atoms with van der Waals surface area (Å²) in [5.41, 5.74) is 0.648. The van der Waals surface area contributed by atoms with Crippen molar-refractivity contribution in [3.05, 3.63) is 52.0 Å². The molecule has 1 fully saturated rings. The number of carbonyl (C=O) groups is 5. The van der Waals surface area contributed by atoms with Gasteiger partial charge in [-0.1, -0.05) is 35.3 Å². The number of nitrogens with zero attached hydrogens (tertiary/aromatic N) is 2. The summed E-state index contributed by atoms with van der Waals surface area (Å²) in [6.07, 6.45) is -0.519. The lowest BCUT2D eigenvalue weighted by molar-refractivity contribution is -0.141. The fraction of sp³-hybridized carbons (Fsp3) is 0.320. The minimum Gasteiger partial charge on any atom is -0.505 e. The van der Waals surface area contributed by atoms with E-state index in [1.165, 1.54) is 28.9 Å². The van der Waals surface area contributed by atoms with Crippen LogP contribution in [0.5, 0.6) is 5.75 Å². The Labute approximate surface area is 227 Å². The van der Waals surface area contributed by atoms with Gasteiger partial charge < -0.3 is 25.4 Å². The fourth-order valence-electron chi connectivity index (χ4n) is 4.34. The zero-order chi connectivity index (χ0) is 27.7. The van der Waals surface area contributed by atoms with Gasteiger partial charge in [0.1, 0.15) is 18.7 Å². The summed E-state index contributed by atoms with van der Waals surface area (Å²) in [7, 11) is 0. The number of cyclic esters (lactones) is 1. The SMILES string of the molecule is CC(=O)N1C[C@H](NC(=O)c2cc(Cl)c(O)c(Cl)c2)C(=O)N(CC(=O)N[C@H]2CC(=O)O[C@H]2C)c2ccccc21.